The molecule has 6 heteroatoms. The molecular weight excluding hydrogens is 388 g/mol. The first-order valence-corrected chi connectivity index (χ1v) is 10.4. The maximum atomic E-state index is 13.6. The fourth-order valence-electron chi connectivity index (χ4n) is 4.70. The second-order valence-corrected chi connectivity index (χ2v) is 8.50. The van der Waals surface area contributed by atoms with Gasteiger partial charge in [0, 0.05) is 30.9 Å². The average Bonchev–Trinajstić information content (AvgIpc) is 3.11. The number of para-hydroxylation sites is 2. The SMILES string of the molecule is Cc1c(C(C)(C)c2c(C)n(C)n(-c3ccccc3)c2=O)c(=O)n(-c2ccccc2)n1C. The molecule has 4 rings (SSSR count). The van der Waals surface area contributed by atoms with Crippen LogP contribution in [0.1, 0.15) is 36.4 Å². The van der Waals surface area contributed by atoms with E-state index in [1.807, 2.05) is 112 Å². The molecule has 0 bridgehead atoms. The summed E-state index contributed by atoms with van der Waals surface area (Å²) in [4.78, 5) is 27.3. The molecule has 2 aromatic heterocycles. The highest BCUT2D eigenvalue weighted by atomic mass is 16.1. The van der Waals surface area contributed by atoms with Crippen molar-refractivity contribution in [2.45, 2.75) is 33.1 Å². The highest BCUT2D eigenvalue weighted by Gasteiger charge is 2.37. The number of rotatable bonds is 4. The van der Waals surface area contributed by atoms with Crippen LogP contribution in [0, 0.1) is 13.8 Å². The van der Waals surface area contributed by atoms with Gasteiger partial charge >= 0.3 is 0 Å². The summed E-state index contributed by atoms with van der Waals surface area (Å²) in [7, 11) is 3.76. The van der Waals surface area contributed by atoms with Gasteiger partial charge in [0.2, 0.25) is 0 Å². The van der Waals surface area contributed by atoms with Crippen molar-refractivity contribution in [1.82, 2.24) is 18.7 Å². The lowest BCUT2D eigenvalue weighted by Gasteiger charge is -2.23. The predicted octanol–water partition coefficient (Wildman–Crippen LogP) is 3.61. The van der Waals surface area contributed by atoms with E-state index in [1.54, 1.807) is 9.36 Å². The minimum absolute atomic E-state index is 0.106. The number of hydrogen-bond donors (Lipinski definition) is 0. The number of aromatic nitrogens is 4. The van der Waals surface area contributed by atoms with Crippen LogP contribution in [-0.2, 0) is 19.5 Å². The largest absolute Gasteiger partial charge is 0.285 e. The third-order valence-electron chi connectivity index (χ3n) is 6.36. The quantitative estimate of drug-likeness (QED) is 0.510. The van der Waals surface area contributed by atoms with Gasteiger partial charge in [0.25, 0.3) is 11.1 Å². The molecule has 0 aliphatic heterocycles. The molecule has 4 aromatic rings. The third-order valence-corrected chi connectivity index (χ3v) is 6.36. The van der Waals surface area contributed by atoms with Gasteiger partial charge < -0.3 is 0 Å². The lowest BCUT2D eigenvalue weighted by atomic mass is 9.78. The molecule has 160 valence electrons. The smallest absolute Gasteiger partial charge is 0.275 e. The van der Waals surface area contributed by atoms with E-state index in [1.165, 1.54) is 0 Å². The van der Waals surface area contributed by atoms with Crippen LogP contribution in [0.15, 0.2) is 70.3 Å². The summed E-state index contributed by atoms with van der Waals surface area (Å²) in [6, 6.07) is 19.1. The van der Waals surface area contributed by atoms with Gasteiger partial charge in [0.1, 0.15) is 0 Å². The molecule has 0 amide bonds. The van der Waals surface area contributed by atoms with E-state index in [-0.39, 0.29) is 11.1 Å². The molecule has 31 heavy (non-hydrogen) atoms. The van der Waals surface area contributed by atoms with Gasteiger partial charge in [-0.05, 0) is 38.1 Å². The zero-order valence-electron chi connectivity index (χ0n) is 18.9. The monoisotopic (exact) mass is 416 g/mol. The van der Waals surface area contributed by atoms with Crippen molar-refractivity contribution in [3.63, 3.8) is 0 Å². The van der Waals surface area contributed by atoms with Gasteiger partial charge in [-0.3, -0.25) is 19.0 Å². The Kier molecular flexibility index (Phi) is 4.88. The van der Waals surface area contributed by atoms with Crippen LogP contribution in [0.25, 0.3) is 11.4 Å². The minimum atomic E-state index is -0.780. The van der Waals surface area contributed by atoms with Crippen molar-refractivity contribution < 1.29 is 0 Å². The summed E-state index contributed by atoms with van der Waals surface area (Å²) in [5.74, 6) is 0. The molecule has 2 heterocycles. The summed E-state index contributed by atoms with van der Waals surface area (Å²) in [6.45, 7) is 7.80. The van der Waals surface area contributed by atoms with E-state index in [0.717, 1.165) is 22.8 Å². The second kappa shape index (κ2) is 7.30. The van der Waals surface area contributed by atoms with E-state index in [4.69, 9.17) is 0 Å². The molecule has 0 N–H and O–H groups in total. The second-order valence-electron chi connectivity index (χ2n) is 8.50. The van der Waals surface area contributed by atoms with Crippen LogP contribution >= 0.6 is 0 Å². The van der Waals surface area contributed by atoms with Crippen LogP contribution < -0.4 is 11.1 Å². The van der Waals surface area contributed by atoms with Crippen LogP contribution in [0.5, 0.6) is 0 Å². The molecular formula is C25H28N4O2. The van der Waals surface area contributed by atoms with Gasteiger partial charge in [0.05, 0.1) is 22.5 Å². The van der Waals surface area contributed by atoms with Gasteiger partial charge in [-0.25, -0.2) is 9.36 Å². The molecule has 0 radical (unpaired) electrons. The molecule has 2 aromatic carbocycles. The standard InChI is InChI=1S/C25H28N4O2/c1-17-21(23(30)28(26(17)5)19-13-9-7-10-14-19)25(3,4)22-18(2)27(6)29(24(22)31)20-15-11-8-12-16-20/h7-16H,1-6H3. The molecule has 0 saturated heterocycles. The van der Waals surface area contributed by atoms with E-state index >= 15 is 0 Å². The first kappa shape index (κ1) is 20.7. The molecule has 0 spiro atoms. The summed E-state index contributed by atoms with van der Waals surface area (Å²) in [6.07, 6.45) is 0. The van der Waals surface area contributed by atoms with Crippen molar-refractivity contribution in [3.8, 4) is 11.4 Å². The molecule has 0 aliphatic carbocycles. The first-order valence-electron chi connectivity index (χ1n) is 10.4. The molecule has 0 saturated carbocycles. The summed E-state index contributed by atoms with van der Waals surface area (Å²) >= 11 is 0. The number of nitrogens with zero attached hydrogens (tertiary/aromatic N) is 4. The molecule has 0 fully saturated rings. The van der Waals surface area contributed by atoms with Crippen LogP contribution in [-0.4, -0.2) is 18.7 Å². The number of hydrogen-bond acceptors (Lipinski definition) is 2. The lowest BCUT2D eigenvalue weighted by molar-refractivity contribution is 0.614. The number of benzene rings is 2. The van der Waals surface area contributed by atoms with Crippen molar-refractivity contribution in [1.29, 1.82) is 0 Å². The molecule has 0 unspecified atom stereocenters. The molecule has 6 nitrogen and oxygen atoms in total. The summed E-state index contributed by atoms with van der Waals surface area (Å²) in [5.41, 5.74) is 3.54. The van der Waals surface area contributed by atoms with Crippen molar-refractivity contribution in [2.24, 2.45) is 14.1 Å². The van der Waals surface area contributed by atoms with Gasteiger partial charge in [-0.15, -0.1) is 0 Å². The minimum Gasteiger partial charge on any atom is -0.285 e. The molecule has 0 aliphatic rings. The van der Waals surface area contributed by atoms with E-state index in [2.05, 4.69) is 0 Å². The fourth-order valence-corrected chi connectivity index (χ4v) is 4.70. The summed E-state index contributed by atoms with van der Waals surface area (Å²) in [5, 5.41) is 0. The Morgan fingerprint density at radius 3 is 1.26 bits per heavy atom. The van der Waals surface area contributed by atoms with Crippen molar-refractivity contribution in [3.05, 3.63) is 104 Å². The molecule has 0 atom stereocenters. The Bertz CT molecular complexity index is 1260. The summed E-state index contributed by atoms with van der Waals surface area (Å²) < 4.78 is 7.06. The Morgan fingerprint density at radius 2 is 0.935 bits per heavy atom. The highest BCUT2D eigenvalue weighted by Crippen LogP contribution is 2.32. The van der Waals surface area contributed by atoms with E-state index < -0.39 is 5.41 Å². The Morgan fingerprint density at radius 1 is 0.613 bits per heavy atom. The van der Waals surface area contributed by atoms with Crippen molar-refractivity contribution in [2.75, 3.05) is 0 Å². The van der Waals surface area contributed by atoms with Gasteiger partial charge in [-0.1, -0.05) is 50.2 Å². The Balaban J connectivity index is 1.98. The maximum absolute atomic E-state index is 13.6. The topological polar surface area (TPSA) is 53.9 Å². The van der Waals surface area contributed by atoms with Gasteiger partial charge in [-0.2, -0.15) is 0 Å². The predicted molar refractivity (Wildman–Crippen MR) is 124 cm³/mol. The van der Waals surface area contributed by atoms with Crippen LogP contribution in [0.3, 0.4) is 0 Å². The maximum Gasteiger partial charge on any atom is 0.275 e. The highest BCUT2D eigenvalue weighted by molar-refractivity contribution is 5.44. The van der Waals surface area contributed by atoms with Crippen LogP contribution in [0.4, 0.5) is 0 Å². The Labute approximate surface area is 181 Å². The zero-order valence-corrected chi connectivity index (χ0v) is 18.9. The van der Waals surface area contributed by atoms with Gasteiger partial charge in [0.15, 0.2) is 0 Å². The average molecular weight is 417 g/mol. The third kappa shape index (κ3) is 3.02. The first-order chi connectivity index (χ1) is 14.7. The van der Waals surface area contributed by atoms with E-state index in [0.29, 0.717) is 11.1 Å². The lowest BCUT2D eigenvalue weighted by Crippen LogP contribution is -2.34. The van der Waals surface area contributed by atoms with E-state index in [9.17, 15) is 9.59 Å². The normalized spacial score (nSPS) is 11.8. The van der Waals surface area contributed by atoms with Crippen molar-refractivity contribution >= 4 is 0 Å². The zero-order chi connectivity index (χ0) is 22.5. The Hall–Kier alpha value is -3.54. The fraction of sp³-hybridized carbons (Fsp3) is 0.280. The van der Waals surface area contributed by atoms with Crippen LogP contribution in [0.2, 0.25) is 0 Å².